The molecule has 0 radical (unpaired) electrons. The number of nitrogens with two attached hydrogens (primary N) is 1. The molecule has 0 amide bonds. The fourth-order valence-electron chi connectivity index (χ4n) is 2.36. The van der Waals surface area contributed by atoms with E-state index < -0.39 is 0 Å². The number of aryl methyl sites for hydroxylation is 2. The Bertz CT molecular complexity index is 607. The highest BCUT2D eigenvalue weighted by Gasteiger charge is 2.22. The van der Waals surface area contributed by atoms with Crippen LogP contribution in [0.15, 0.2) is 24.3 Å². The van der Waals surface area contributed by atoms with Gasteiger partial charge in [0.1, 0.15) is 0 Å². The van der Waals surface area contributed by atoms with E-state index in [0.29, 0.717) is 5.95 Å². The quantitative estimate of drug-likeness (QED) is 0.907. The van der Waals surface area contributed by atoms with E-state index in [1.807, 2.05) is 6.92 Å². The van der Waals surface area contributed by atoms with Gasteiger partial charge in [0.15, 0.2) is 0 Å². The fraction of sp³-hybridized carbons (Fsp3) is 0.412. The number of hydrogen-bond donors (Lipinski definition) is 1. The number of rotatable bonds is 2. The molecule has 0 saturated heterocycles. The Hall–Kier alpha value is -1.90. The predicted molar refractivity (Wildman–Crippen MR) is 83.9 cm³/mol. The summed E-state index contributed by atoms with van der Waals surface area (Å²) in [6, 6.07) is 8.61. The summed E-state index contributed by atoms with van der Waals surface area (Å²) in [6.45, 7) is 10.6. The lowest BCUT2D eigenvalue weighted by atomic mass is 9.86. The van der Waals surface area contributed by atoms with Crippen LogP contribution in [0.1, 0.15) is 48.8 Å². The summed E-state index contributed by atoms with van der Waals surface area (Å²) in [7, 11) is 0. The Morgan fingerprint density at radius 1 is 1.00 bits per heavy atom. The molecular weight excluding hydrogens is 246 g/mol. The van der Waals surface area contributed by atoms with Crippen LogP contribution in [0.4, 0.5) is 5.95 Å². The van der Waals surface area contributed by atoms with Gasteiger partial charge in [0, 0.05) is 17.5 Å². The summed E-state index contributed by atoms with van der Waals surface area (Å²) >= 11 is 0. The molecule has 0 atom stereocenters. The monoisotopic (exact) mass is 269 g/mol. The van der Waals surface area contributed by atoms with Gasteiger partial charge in [0.05, 0.1) is 5.69 Å². The molecule has 0 fully saturated rings. The van der Waals surface area contributed by atoms with Crippen molar-refractivity contribution in [3.63, 3.8) is 0 Å². The molecule has 1 aromatic heterocycles. The molecule has 0 spiro atoms. The first-order chi connectivity index (χ1) is 9.27. The molecule has 3 heteroatoms. The van der Waals surface area contributed by atoms with E-state index in [1.165, 1.54) is 16.7 Å². The first-order valence-corrected chi connectivity index (χ1v) is 6.96. The minimum Gasteiger partial charge on any atom is -0.368 e. The second-order valence-electron chi connectivity index (χ2n) is 6.41. The minimum atomic E-state index is -0.0398. The van der Waals surface area contributed by atoms with Crippen molar-refractivity contribution >= 4 is 5.95 Å². The molecule has 0 unspecified atom stereocenters. The summed E-state index contributed by atoms with van der Waals surface area (Å²) in [6.07, 6.45) is 0.846. The number of anilines is 1. The zero-order chi connectivity index (χ0) is 14.9. The molecule has 2 aromatic rings. The second kappa shape index (κ2) is 5.23. The molecule has 2 rings (SSSR count). The third-order valence-corrected chi connectivity index (χ3v) is 3.44. The standard InChI is InChI=1S/C17H23N3/c1-11-6-8-13(9-7-11)10-14-12(2)19-16(18)20-15(14)17(3,4)5/h6-9H,10H2,1-5H3,(H2,18,19,20). The van der Waals surface area contributed by atoms with Crippen LogP contribution in [-0.4, -0.2) is 9.97 Å². The lowest BCUT2D eigenvalue weighted by Gasteiger charge is -2.23. The zero-order valence-electron chi connectivity index (χ0n) is 13.0. The van der Waals surface area contributed by atoms with Crippen molar-refractivity contribution in [3.05, 3.63) is 52.3 Å². The number of aromatic nitrogens is 2. The summed E-state index contributed by atoms with van der Waals surface area (Å²) < 4.78 is 0. The lowest BCUT2D eigenvalue weighted by molar-refractivity contribution is 0.559. The highest BCUT2D eigenvalue weighted by molar-refractivity contribution is 5.39. The van der Waals surface area contributed by atoms with Crippen LogP contribution in [-0.2, 0) is 11.8 Å². The van der Waals surface area contributed by atoms with Crippen LogP contribution < -0.4 is 5.73 Å². The van der Waals surface area contributed by atoms with Crippen molar-refractivity contribution in [3.8, 4) is 0 Å². The average molecular weight is 269 g/mol. The van der Waals surface area contributed by atoms with E-state index in [1.54, 1.807) is 0 Å². The predicted octanol–water partition coefficient (Wildman–Crippen LogP) is 3.56. The average Bonchev–Trinajstić information content (AvgIpc) is 2.33. The van der Waals surface area contributed by atoms with E-state index >= 15 is 0 Å². The lowest BCUT2D eigenvalue weighted by Crippen LogP contribution is -2.20. The van der Waals surface area contributed by atoms with Gasteiger partial charge in [-0.15, -0.1) is 0 Å². The SMILES string of the molecule is Cc1ccc(Cc2c(C)nc(N)nc2C(C)(C)C)cc1. The number of benzene rings is 1. The van der Waals surface area contributed by atoms with E-state index in [9.17, 15) is 0 Å². The van der Waals surface area contributed by atoms with Gasteiger partial charge in [-0.1, -0.05) is 50.6 Å². The summed E-state index contributed by atoms with van der Waals surface area (Å²) in [4.78, 5) is 8.81. The van der Waals surface area contributed by atoms with Crippen LogP contribution in [0.3, 0.4) is 0 Å². The van der Waals surface area contributed by atoms with Crippen molar-refractivity contribution in [1.82, 2.24) is 9.97 Å². The molecule has 0 bridgehead atoms. The smallest absolute Gasteiger partial charge is 0.220 e. The van der Waals surface area contributed by atoms with Crippen LogP contribution in [0.25, 0.3) is 0 Å². The van der Waals surface area contributed by atoms with Gasteiger partial charge in [-0.3, -0.25) is 0 Å². The zero-order valence-corrected chi connectivity index (χ0v) is 13.0. The molecule has 1 aromatic carbocycles. The third kappa shape index (κ3) is 3.16. The van der Waals surface area contributed by atoms with Crippen molar-refractivity contribution in [2.75, 3.05) is 5.73 Å². The molecule has 3 nitrogen and oxygen atoms in total. The maximum Gasteiger partial charge on any atom is 0.220 e. The number of hydrogen-bond acceptors (Lipinski definition) is 3. The molecule has 20 heavy (non-hydrogen) atoms. The van der Waals surface area contributed by atoms with Gasteiger partial charge in [-0.05, 0) is 25.0 Å². The summed E-state index contributed by atoms with van der Waals surface area (Å²) in [5.74, 6) is 0.361. The summed E-state index contributed by atoms with van der Waals surface area (Å²) in [5, 5.41) is 0. The highest BCUT2D eigenvalue weighted by atomic mass is 15.0. The Labute approximate surface area is 121 Å². The van der Waals surface area contributed by atoms with Gasteiger partial charge in [-0.25, -0.2) is 9.97 Å². The molecule has 0 aliphatic carbocycles. The highest BCUT2D eigenvalue weighted by Crippen LogP contribution is 2.28. The molecule has 1 heterocycles. The molecular formula is C17H23N3. The molecule has 106 valence electrons. The molecule has 2 N–H and O–H groups in total. The maximum atomic E-state index is 5.82. The van der Waals surface area contributed by atoms with Crippen LogP contribution in [0.5, 0.6) is 0 Å². The van der Waals surface area contributed by atoms with Gasteiger partial charge in [0.2, 0.25) is 5.95 Å². The first kappa shape index (κ1) is 14.5. The maximum absolute atomic E-state index is 5.82. The molecule has 0 saturated carbocycles. The summed E-state index contributed by atoms with van der Waals surface area (Å²) in [5.41, 5.74) is 11.5. The number of nitrogens with zero attached hydrogens (tertiary/aromatic N) is 2. The van der Waals surface area contributed by atoms with Crippen LogP contribution >= 0.6 is 0 Å². The molecule has 0 aliphatic heterocycles. The van der Waals surface area contributed by atoms with Crippen molar-refractivity contribution in [2.45, 2.75) is 46.5 Å². The van der Waals surface area contributed by atoms with Crippen LogP contribution in [0.2, 0.25) is 0 Å². The van der Waals surface area contributed by atoms with E-state index in [-0.39, 0.29) is 5.41 Å². The van der Waals surface area contributed by atoms with Gasteiger partial charge in [-0.2, -0.15) is 0 Å². The van der Waals surface area contributed by atoms with Crippen molar-refractivity contribution in [1.29, 1.82) is 0 Å². The Morgan fingerprint density at radius 2 is 1.60 bits per heavy atom. The minimum absolute atomic E-state index is 0.0398. The van der Waals surface area contributed by atoms with Crippen molar-refractivity contribution < 1.29 is 0 Å². The van der Waals surface area contributed by atoms with E-state index in [2.05, 4.69) is 61.9 Å². The van der Waals surface area contributed by atoms with E-state index in [4.69, 9.17) is 5.73 Å². The largest absolute Gasteiger partial charge is 0.368 e. The number of nitrogen functional groups attached to an aromatic ring is 1. The topological polar surface area (TPSA) is 51.8 Å². The van der Waals surface area contributed by atoms with E-state index in [0.717, 1.165) is 17.8 Å². The molecule has 0 aliphatic rings. The third-order valence-electron chi connectivity index (χ3n) is 3.44. The van der Waals surface area contributed by atoms with Gasteiger partial charge >= 0.3 is 0 Å². The Morgan fingerprint density at radius 3 is 2.15 bits per heavy atom. The normalized spacial score (nSPS) is 11.7. The van der Waals surface area contributed by atoms with Gasteiger partial charge < -0.3 is 5.73 Å². The van der Waals surface area contributed by atoms with Gasteiger partial charge in [0.25, 0.3) is 0 Å². The second-order valence-corrected chi connectivity index (χ2v) is 6.41. The Balaban J connectivity index is 2.47. The van der Waals surface area contributed by atoms with Crippen molar-refractivity contribution in [2.24, 2.45) is 0 Å². The first-order valence-electron chi connectivity index (χ1n) is 6.96. The Kier molecular flexibility index (Phi) is 3.80. The van der Waals surface area contributed by atoms with Crippen LogP contribution in [0, 0.1) is 13.8 Å². The fourth-order valence-corrected chi connectivity index (χ4v) is 2.36.